The Morgan fingerprint density at radius 2 is 1.51 bits per heavy atom. The highest BCUT2D eigenvalue weighted by molar-refractivity contribution is 7.89. The minimum atomic E-state index is -3.71. The minimum absolute atomic E-state index is 0.0185. The number of fused-ring (bicyclic) bond motifs is 3. The third kappa shape index (κ3) is 5.47. The Morgan fingerprint density at radius 1 is 0.907 bits per heavy atom. The number of nitrogens with zero attached hydrogens (tertiary/aromatic N) is 2. The molecule has 3 aliphatic heterocycles. The molecule has 12 heteroatoms. The number of para-hydroxylation sites is 2. The molecule has 2 amide bonds. The molecule has 2 atom stereocenters. The van der Waals surface area contributed by atoms with Crippen molar-refractivity contribution in [2.24, 2.45) is 0 Å². The number of hydrogen-bond acceptors (Lipinski definition) is 6. The van der Waals surface area contributed by atoms with Gasteiger partial charge in [-0.05, 0) is 39.8 Å². The largest absolute Gasteiger partial charge is 0.298 e. The zero-order chi connectivity index (χ0) is 31.6. The molecule has 3 aliphatic rings. The highest BCUT2D eigenvalue weighted by atomic mass is 32.2. The van der Waals surface area contributed by atoms with Crippen LogP contribution in [0.4, 0.5) is 11.4 Å². The summed E-state index contributed by atoms with van der Waals surface area (Å²) in [6.45, 7) is 9.16. The zero-order valence-corrected chi connectivity index (χ0v) is 26.8. The van der Waals surface area contributed by atoms with Crippen molar-refractivity contribution in [2.45, 2.75) is 51.0 Å². The first-order valence-electron chi connectivity index (χ1n) is 14.0. The lowest BCUT2D eigenvalue weighted by atomic mass is 9.81. The van der Waals surface area contributed by atoms with Gasteiger partial charge in [0.1, 0.15) is 11.4 Å². The van der Waals surface area contributed by atoms with Gasteiger partial charge in [-0.15, -0.1) is 0 Å². The number of sulfonamides is 2. The highest BCUT2D eigenvalue weighted by Crippen LogP contribution is 2.59. The van der Waals surface area contributed by atoms with E-state index in [1.54, 1.807) is 0 Å². The maximum Gasteiger partial charge on any atom is 0.298 e. The maximum atomic E-state index is 13.1. The Morgan fingerprint density at radius 3 is 2.16 bits per heavy atom. The third-order valence-corrected chi connectivity index (χ3v) is 9.87. The van der Waals surface area contributed by atoms with Crippen molar-refractivity contribution in [1.82, 2.24) is 13.9 Å². The molecule has 1 saturated heterocycles. The van der Waals surface area contributed by atoms with Gasteiger partial charge in [0.2, 0.25) is 37.7 Å². The van der Waals surface area contributed by atoms with Crippen LogP contribution in [0.2, 0.25) is 0 Å². The molecule has 2 unspecified atom stereocenters. The lowest BCUT2D eigenvalue weighted by Crippen LogP contribution is -2.40. The van der Waals surface area contributed by atoms with E-state index in [1.165, 1.54) is 0 Å². The first-order valence-corrected chi connectivity index (χ1v) is 17.8. The fourth-order valence-corrected chi connectivity index (χ4v) is 7.85. The van der Waals surface area contributed by atoms with Crippen LogP contribution in [0.25, 0.3) is 0 Å². The number of carbonyl (C=O) groups is 2. The van der Waals surface area contributed by atoms with Gasteiger partial charge in [-0.1, -0.05) is 42.5 Å². The maximum absolute atomic E-state index is 13.1. The van der Waals surface area contributed by atoms with Crippen molar-refractivity contribution in [3.63, 3.8) is 0 Å². The second-order valence-electron chi connectivity index (χ2n) is 12.6. The van der Waals surface area contributed by atoms with Gasteiger partial charge in [0.15, 0.2) is 18.8 Å². The molecule has 1 spiro atoms. The smallest absolute Gasteiger partial charge is 0.274 e. The quantitative estimate of drug-likeness (QED) is 0.264. The summed E-state index contributed by atoms with van der Waals surface area (Å²) in [5.41, 5.74) is 5.20. The first kappa shape index (κ1) is 30.8. The number of benzene rings is 2. The second-order valence-corrected chi connectivity index (χ2v) is 16.1. The van der Waals surface area contributed by atoms with E-state index in [1.807, 2.05) is 63.9 Å². The van der Waals surface area contributed by atoms with Crippen LogP contribution in [0, 0.1) is 0 Å². The predicted molar refractivity (Wildman–Crippen MR) is 167 cm³/mol. The van der Waals surface area contributed by atoms with Gasteiger partial charge >= 0.3 is 0 Å². The molecular formula is C31H38N4O6S2+2. The summed E-state index contributed by atoms with van der Waals surface area (Å²) in [4.78, 5) is 25.5. The van der Waals surface area contributed by atoms with Crippen LogP contribution in [-0.2, 0) is 40.5 Å². The molecule has 3 heterocycles. The van der Waals surface area contributed by atoms with E-state index < -0.39 is 48.7 Å². The van der Waals surface area contributed by atoms with E-state index in [2.05, 4.69) is 44.5 Å². The SMILES string of the molecule is CC1(C)C(C=CC=C2C(C)(C)c3ccccc3[N+]23CC3C(=O)NS(C)(=O)=O)=[N+](CCC(=O)NS(C)(=O)=O)c2ccccc21. The average molecular weight is 627 g/mol. The second kappa shape index (κ2) is 10.2. The molecule has 1 fully saturated rings. The lowest BCUT2D eigenvalue weighted by Gasteiger charge is -2.22. The topological polar surface area (TPSA) is 129 Å². The van der Waals surface area contributed by atoms with Gasteiger partial charge in [-0.25, -0.2) is 26.0 Å². The van der Waals surface area contributed by atoms with Gasteiger partial charge in [0.25, 0.3) is 5.91 Å². The average Bonchev–Trinajstić information content (AvgIpc) is 3.55. The number of carbonyl (C=O) groups excluding carboxylic acids is 2. The Kier molecular flexibility index (Phi) is 7.34. The number of allylic oxidation sites excluding steroid dienone is 4. The van der Waals surface area contributed by atoms with Crippen LogP contribution in [0.1, 0.15) is 45.2 Å². The molecule has 228 valence electrons. The highest BCUT2D eigenvalue weighted by Gasteiger charge is 2.71. The standard InChI is InChI=1S/C31H36N4O6S2/c1-30(2)21-12-7-9-14-23(21)34(19-18-28(36)32-42(5,38)39)26(30)16-11-17-27-31(3,4)22-13-8-10-15-24(22)35(27)20-25(35)29(37)33-43(6,40)41/h7-17,25H,18-20H2,1-6H3/p+2. The van der Waals surface area contributed by atoms with Crippen molar-refractivity contribution in [1.29, 1.82) is 0 Å². The van der Waals surface area contributed by atoms with Gasteiger partial charge in [-0.2, -0.15) is 4.58 Å². The number of nitrogens with one attached hydrogen (secondary N) is 2. The molecule has 0 aliphatic carbocycles. The first-order chi connectivity index (χ1) is 19.9. The monoisotopic (exact) mass is 626 g/mol. The van der Waals surface area contributed by atoms with Crippen LogP contribution in [0.15, 0.2) is 72.5 Å². The van der Waals surface area contributed by atoms with E-state index in [-0.39, 0.29) is 17.4 Å². The molecule has 10 nitrogen and oxygen atoms in total. The minimum Gasteiger partial charge on any atom is -0.274 e. The molecule has 0 bridgehead atoms. The Labute approximate surface area is 253 Å². The van der Waals surface area contributed by atoms with Crippen LogP contribution in [0.5, 0.6) is 0 Å². The molecule has 2 aromatic carbocycles. The summed E-state index contributed by atoms with van der Waals surface area (Å²) in [6, 6.07) is 15.3. The van der Waals surface area contributed by atoms with Crippen molar-refractivity contribution < 1.29 is 31.0 Å². The number of quaternary nitrogens is 1. The fourth-order valence-electron chi connectivity index (χ4n) is 6.83. The van der Waals surface area contributed by atoms with E-state index in [0.29, 0.717) is 6.54 Å². The van der Waals surface area contributed by atoms with Gasteiger partial charge < -0.3 is 0 Å². The van der Waals surface area contributed by atoms with Crippen LogP contribution in [0.3, 0.4) is 0 Å². The predicted octanol–water partition coefficient (Wildman–Crippen LogP) is 2.73. The Balaban J connectivity index is 1.55. The van der Waals surface area contributed by atoms with Crippen LogP contribution in [-0.4, -0.2) is 70.6 Å². The zero-order valence-electron chi connectivity index (χ0n) is 25.2. The number of hydrogen-bond donors (Lipinski definition) is 2. The van der Waals surface area contributed by atoms with Crippen molar-refractivity contribution in [2.75, 3.05) is 25.6 Å². The lowest BCUT2D eigenvalue weighted by molar-refractivity contribution is -0.436. The van der Waals surface area contributed by atoms with E-state index in [4.69, 9.17) is 0 Å². The Bertz CT molecular complexity index is 1860. The van der Waals surface area contributed by atoms with Crippen molar-refractivity contribution >= 4 is 48.9 Å². The summed E-state index contributed by atoms with van der Waals surface area (Å²) in [5.74, 6) is -1.10. The summed E-state index contributed by atoms with van der Waals surface area (Å²) in [5, 5.41) is 0. The number of amides is 2. The molecule has 2 aromatic rings. The summed E-state index contributed by atoms with van der Waals surface area (Å²) < 4.78 is 53.4. The van der Waals surface area contributed by atoms with E-state index in [0.717, 1.165) is 46.4 Å². The summed E-state index contributed by atoms with van der Waals surface area (Å²) in [7, 11) is -7.37. The summed E-state index contributed by atoms with van der Waals surface area (Å²) >= 11 is 0. The van der Waals surface area contributed by atoms with Gasteiger partial charge in [0, 0.05) is 23.3 Å². The van der Waals surface area contributed by atoms with Crippen molar-refractivity contribution in [3.05, 3.63) is 83.6 Å². The van der Waals surface area contributed by atoms with Gasteiger partial charge in [-0.3, -0.25) is 14.3 Å². The van der Waals surface area contributed by atoms with Gasteiger partial charge in [0.05, 0.1) is 29.8 Å². The molecular weight excluding hydrogens is 588 g/mol. The van der Waals surface area contributed by atoms with E-state index in [9.17, 15) is 26.4 Å². The molecule has 0 aromatic heterocycles. The number of rotatable bonds is 8. The third-order valence-electron chi connectivity index (χ3n) is 8.69. The molecule has 5 rings (SSSR count). The Hall–Kier alpha value is -3.61. The fraction of sp³-hybridized carbons (Fsp3) is 0.387. The van der Waals surface area contributed by atoms with Crippen LogP contribution >= 0.6 is 0 Å². The molecule has 43 heavy (non-hydrogen) atoms. The molecule has 0 radical (unpaired) electrons. The molecule has 0 saturated carbocycles. The summed E-state index contributed by atoms with van der Waals surface area (Å²) in [6.07, 6.45) is 7.90. The van der Waals surface area contributed by atoms with Crippen molar-refractivity contribution in [3.8, 4) is 0 Å². The molecule has 2 N–H and O–H groups in total. The normalized spacial score (nSPS) is 24.3. The van der Waals surface area contributed by atoms with Crippen LogP contribution < -0.4 is 13.9 Å². The van der Waals surface area contributed by atoms with E-state index >= 15 is 0 Å².